The summed E-state index contributed by atoms with van der Waals surface area (Å²) in [6, 6.07) is 1.31. The summed E-state index contributed by atoms with van der Waals surface area (Å²) in [6.45, 7) is 1.50. The SMILES string of the molecule is CCc1oc(C(=O)OC)cc1Cn1cc([N+](=O)[O-])c(C(F)(F)F)n1. The van der Waals surface area contributed by atoms with E-state index in [2.05, 4.69) is 9.84 Å². The van der Waals surface area contributed by atoms with Crippen molar-refractivity contribution in [2.75, 3.05) is 7.11 Å². The lowest BCUT2D eigenvalue weighted by atomic mass is 10.2. The van der Waals surface area contributed by atoms with E-state index in [1.165, 1.54) is 6.07 Å². The highest BCUT2D eigenvalue weighted by Crippen LogP contribution is 2.34. The summed E-state index contributed by atoms with van der Waals surface area (Å²) in [4.78, 5) is 21.1. The van der Waals surface area contributed by atoms with Crippen molar-refractivity contribution in [3.05, 3.63) is 45.2 Å². The van der Waals surface area contributed by atoms with Crippen molar-refractivity contribution in [2.45, 2.75) is 26.1 Å². The minimum absolute atomic E-state index is 0.109. The lowest BCUT2D eigenvalue weighted by Crippen LogP contribution is -2.10. The molecule has 2 heterocycles. The number of aromatic nitrogens is 2. The third kappa shape index (κ3) is 3.39. The fourth-order valence-corrected chi connectivity index (χ4v) is 2.10. The smallest absolute Gasteiger partial charge is 0.442 e. The van der Waals surface area contributed by atoms with E-state index >= 15 is 0 Å². The molecular formula is C13H12F3N3O5. The highest BCUT2D eigenvalue weighted by molar-refractivity contribution is 5.86. The molecule has 0 N–H and O–H groups in total. The Bertz CT molecular complexity index is 778. The van der Waals surface area contributed by atoms with Crippen LogP contribution in [0, 0.1) is 10.1 Å². The number of alkyl halides is 3. The number of nitrogens with zero attached hydrogens (tertiary/aromatic N) is 3. The summed E-state index contributed by atoms with van der Waals surface area (Å²) in [5.74, 6) is -0.498. The first-order valence-corrected chi connectivity index (χ1v) is 6.66. The zero-order chi connectivity index (χ0) is 18.1. The summed E-state index contributed by atoms with van der Waals surface area (Å²) in [5.41, 5.74) is -2.34. The molecule has 0 bridgehead atoms. The second-order valence-corrected chi connectivity index (χ2v) is 4.72. The van der Waals surface area contributed by atoms with Crippen molar-refractivity contribution in [1.82, 2.24) is 9.78 Å². The third-order valence-corrected chi connectivity index (χ3v) is 3.14. The molecule has 130 valence electrons. The van der Waals surface area contributed by atoms with Gasteiger partial charge in [0, 0.05) is 12.0 Å². The fraction of sp³-hybridized carbons (Fsp3) is 0.385. The van der Waals surface area contributed by atoms with Crippen LogP contribution >= 0.6 is 0 Å². The molecule has 0 saturated heterocycles. The summed E-state index contributed by atoms with van der Waals surface area (Å²) in [5, 5.41) is 14.0. The van der Waals surface area contributed by atoms with E-state index in [0.717, 1.165) is 11.8 Å². The number of esters is 1. The van der Waals surface area contributed by atoms with Gasteiger partial charge in [0.05, 0.1) is 18.6 Å². The Morgan fingerprint density at radius 2 is 2.17 bits per heavy atom. The maximum absolute atomic E-state index is 12.8. The second kappa shape index (κ2) is 6.34. The Kier molecular flexibility index (Phi) is 4.62. The lowest BCUT2D eigenvalue weighted by Gasteiger charge is -2.02. The summed E-state index contributed by atoms with van der Waals surface area (Å²) in [7, 11) is 1.16. The number of methoxy groups -OCH3 is 1. The summed E-state index contributed by atoms with van der Waals surface area (Å²) >= 11 is 0. The van der Waals surface area contributed by atoms with E-state index in [9.17, 15) is 28.1 Å². The van der Waals surface area contributed by atoms with Gasteiger partial charge in [-0.2, -0.15) is 18.3 Å². The number of rotatable bonds is 5. The molecular weight excluding hydrogens is 335 g/mol. The van der Waals surface area contributed by atoms with Crippen LogP contribution in [0.1, 0.15) is 34.5 Å². The Morgan fingerprint density at radius 1 is 1.50 bits per heavy atom. The predicted octanol–water partition coefficient (Wildman–Crippen LogP) is 2.80. The van der Waals surface area contributed by atoms with Crippen LogP contribution in [0.2, 0.25) is 0 Å². The van der Waals surface area contributed by atoms with Crippen molar-refractivity contribution in [3.63, 3.8) is 0 Å². The van der Waals surface area contributed by atoms with Gasteiger partial charge in [-0.3, -0.25) is 14.8 Å². The quantitative estimate of drug-likeness (QED) is 0.468. The molecule has 24 heavy (non-hydrogen) atoms. The number of hydrogen-bond donors (Lipinski definition) is 0. The first-order chi connectivity index (χ1) is 11.2. The minimum atomic E-state index is -4.95. The highest BCUT2D eigenvalue weighted by atomic mass is 19.4. The van der Waals surface area contributed by atoms with E-state index in [4.69, 9.17) is 4.42 Å². The second-order valence-electron chi connectivity index (χ2n) is 4.72. The highest BCUT2D eigenvalue weighted by Gasteiger charge is 2.42. The first-order valence-electron chi connectivity index (χ1n) is 6.66. The molecule has 2 aromatic rings. The number of nitro groups is 1. The van der Waals surface area contributed by atoms with Crippen LogP contribution in [0.25, 0.3) is 0 Å². The van der Waals surface area contributed by atoms with Crippen LogP contribution in [-0.2, 0) is 23.9 Å². The van der Waals surface area contributed by atoms with Gasteiger partial charge in [-0.1, -0.05) is 6.92 Å². The molecule has 0 aliphatic rings. The fourth-order valence-electron chi connectivity index (χ4n) is 2.10. The molecule has 0 saturated carbocycles. The zero-order valence-corrected chi connectivity index (χ0v) is 12.6. The van der Waals surface area contributed by atoms with Gasteiger partial charge in [0.15, 0.2) is 0 Å². The molecule has 0 spiro atoms. The Labute approximate surface area is 133 Å². The molecule has 11 heteroatoms. The largest absolute Gasteiger partial charge is 0.463 e. The summed E-state index contributed by atoms with van der Waals surface area (Å²) in [6.07, 6.45) is -3.90. The van der Waals surface area contributed by atoms with Crippen molar-refractivity contribution < 1.29 is 32.0 Å². The van der Waals surface area contributed by atoms with Crippen LogP contribution in [0.15, 0.2) is 16.7 Å². The monoisotopic (exact) mass is 347 g/mol. The van der Waals surface area contributed by atoms with Crippen LogP contribution in [0.4, 0.5) is 18.9 Å². The predicted molar refractivity (Wildman–Crippen MR) is 72.4 cm³/mol. The minimum Gasteiger partial charge on any atom is -0.463 e. The number of carbonyl (C=O) groups is 1. The lowest BCUT2D eigenvalue weighted by molar-refractivity contribution is -0.388. The normalized spacial score (nSPS) is 11.5. The van der Waals surface area contributed by atoms with Gasteiger partial charge in [0.25, 0.3) is 0 Å². The number of aryl methyl sites for hydroxylation is 1. The van der Waals surface area contributed by atoms with E-state index in [0.29, 0.717) is 23.9 Å². The average molecular weight is 347 g/mol. The number of ether oxygens (including phenoxy) is 1. The standard InChI is InChI=1S/C13H12F3N3O5/c1-3-9-7(4-10(24-9)12(20)23-2)5-18-6-8(19(21)22)11(17-18)13(14,15)16/h4,6H,3,5H2,1-2H3. The van der Waals surface area contributed by atoms with Crippen molar-refractivity contribution in [1.29, 1.82) is 0 Å². The molecule has 8 nitrogen and oxygen atoms in total. The Morgan fingerprint density at radius 3 is 2.62 bits per heavy atom. The van der Waals surface area contributed by atoms with E-state index < -0.39 is 28.5 Å². The molecule has 0 unspecified atom stereocenters. The Balaban J connectivity index is 2.40. The van der Waals surface area contributed by atoms with Gasteiger partial charge >= 0.3 is 17.8 Å². The number of halogens is 3. The van der Waals surface area contributed by atoms with Crippen LogP contribution in [0.5, 0.6) is 0 Å². The number of hydrogen-bond acceptors (Lipinski definition) is 6. The zero-order valence-electron chi connectivity index (χ0n) is 12.6. The van der Waals surface area contributed by atoms with E-state index in [-0.39, 0.29) is 12.3 Å². The van der Waals surface area contributed by atoms with Gasteiger partial charge < -0.3 is 9.15 Å². The molecule has 0 radical (unpaired) electrons. The van der Waals surface area contributed by atoms with E-state index in [1.54, 1.807) is 6.92 Å². The average Bonchev–Trinajstić information content (AvgIpc) is 3.10. The van der Waals surface area contributed by atoms with Crippen molar-refractivity contribution in [3.8, 4) is 0 Å². The Hall–Kier alpha value is -2.85. The molecule has 0 aliphatic heterocycles. The van der Waals surface area contributed by atoms with Gasteiger partial charge in [-0.05, 0) is 6.07 Å². The van der Waals surface area contributed by atoms with Gasteiger partial charge in [0.2, 0.25) is 11.5 Å². The molecule has 2 aromatic heterocycles. The first kappa shape index (κ1) is 17.5. The summed E-state index contributed by atoms with van der Waals surface area (Å²) < 4.78 is 49.0. The number of furan rings is 1. The van der Waals surface area contributed by atoms with Crippen molar-refractivity contribution in [2.24, 2.45) is 0 Å². The molecule has 0 amide bonds. The topological polar surface area (TPSA) is 100 Å². The van der Waals surface area contributed by atoms with Gasteiger partial charge in [-0.15, -0.1) is 0 Å². The van der Waals surface area contributed by atoms with Gasteiger partial charge in [0.1, 0.15) is 12.0 Å². The number of carbonyl (C=O) groups excluding carboxylic acids is 1. The third-order valence-electron chi connectivity index (χ3n) is 3.14. The maximum atomic E-state index is 12.8. The molecule has 0 aromatic carbocycles. The van der Waals surface area contributed by atoms with Crippen LogP contribution in [-0.4, -0.2) is 27.8 Å². The van der Waals surface area contributed by atoms with Crippen LogP contribution < -0.4 is 0 Å². The van der Waals surface area contributed by atoms with Crippen LogP contribution in [0.3, 0.4) is 0 Å². The molecule has 2 rings (SSSR count). The van der Waals surface area contributed by atoms with E-state index in [1.807, 2.05) is 0 Å². The van der Waals surface area contributed by atoms with Gasteiger partial charge in [-0.25, -0.2) is 4.79 Å². The maximum Gasteiger partial charge on any atom is 0.442 e. The van der Waals surface area contributed by atoms with Crippen molar-refractivity contribution >= 4 is 11.7 Å². The molecule has 0 atom stereocenters. The molecule has 0 fully saturated rings. The molecule has 0 aliphatic carbocycles.